The summed E-state index contributed by atoms with van der Waals surface area (Å²) in [4.78, 5) is 13.6. The van der Waals surface area contributed by atoms with Crippen molar-refractivity contribution in [1.82, 2.24) is 4.90 Å². The number of methoxy groups -OCH3 is 3. The van der Waals surface area contributed by atoms with Gasteiger partial charge in [-0.05, 0) is 42.0 Å². The van der Waals surface area contributed by atoms with Gasteiger partial charge < -0.3 is 23.3 Å². The number of ether oxygens (including phenoxy) is 3. The summed E-state index contributed by atoms with van der Waals surface area (Å²) in [6, 6.07) is 8.97. The lowest BCUT2D eigenvalue weighted by molar-refractivity contribution is -0.136. The molecular formula is C20H24FNO7S. The summed E-state index contributed by atoms with van der Waals surface area (Å²) >= 11 is 0. The third-order valence-corrected chi connectivity index (χ3v) is 5.34. The van der Waals surface area contributed by atoms with Crippen molar-refractivity contribution in [2.24, 2.45) is 0 Å². The van der Waals surface area contributed by atoms with Gasteiger partial charge in [0, 0.05) is 27.3 Å². The fourth-order valence-corrected chi connectivity index (χ4v) is 3.51. The molecular weight excluding hydrogens is 417 g/mol. The molecule has 0 spiro atoms. The van der Waals surface area contributed by atoms with Gasteiger partial charge in [0.05, 0.1) is 13.7 Å². The summed E-state index contributed by atoms with van der Waals surface area (Å²) < 4.78 is 58.6. The number of carbonyl (C=O) groups is 1. The van der Waals surface area contributed by atoms with E-state index in [0.717, 1.165) is 24.3 Å². The zero-order valence-electron chi connectivity index (χ0n) is 17.0. The third kappa shape index (κ3) is 6.41. The summed E-state index contributed by atoms with van der Waals surface area (Å²) in [5, 5.41) is 0. The highest BCUT2D eigenvalue weighted by atomic mass is 32.2. The normalized spacial score (nSPS) is 11.2. The molecule has 2 rings (SSSR count). The SMILES string of the molecule is COCCN(Cc1ccc(OC)c(OS(=O)(=O)c2ccc(F)cc2)c1)C(=O)COC. The van der Waals surface area contributed by atoms with E-state index in [1.807, 2.05) is 0 Å². The highest BCUT2D eigenvalue weighted by Gasteiger charge is 2.21. The predicted octanol–water partition coefficient (Wildman–Crippen LogP) is 2.22. The average molecular weight is 441 g/mol. The number of nitrogens with zero attached hydrogens (tertiary/aromatic N) is 1. The standard InChI is InChI=1S/C20H24FNO7S/c1-26-11-10-22(20(23)14-27-2)13-15-4-9-18(28-3)19(12-15)29-30(24,25)17-7-5-16(21)6-8-17/h4-9,12H,10-11,13-14H2,1-3H3. The van der Waals surface area contributed by atoms with Crippen LogP contribution in [-0.2, 0) is 30.9 Å². The highest BCUT2D eigenvalue weighted by molar-refractivity contribution is 7.87. The van der Waals surface area contributed by atoms with Crippen LogP contribution in [0.3, 0.4) is 0 Å². The van der Waals surface area contributed by atoms with E-state index in [-0.39, 0.29) is 35.5 Å². The van der Waals surface area contributed by atoms with E-state index >= 15 is 0 Å². The highest BCUT2D eigenvalue weighted by Crippen LogP contribution is 2.31. The van der Waals surface area contributed by atoms with E-state index in [0.29, 0.717) is 18.7 Å². The van der Waals surface area contributed by atoms with Crippen LogP contribution in [0.15, 0.2) is 47.4 Å². The van der Waals surface area contributed by atoms with Crippen LogP contribution >= 0.6 is 0 Å². The maximum atomic E-state index is 13.1. The summed E-state index contributed by atoms with van der Waals surface area (Å²) in [6.07, 6.45) is 0. The average Bonchev–Trinajstić information content (AvgIpc) is 2.71. The molecule has 0 N–H and O–H groups in total. The number of hydrogen-bond donors (Lipinski definition) is 0. The molecule has 0 saturated heterocycles. The molecule has 0 saturated carbocycles. The second-order valence-corrected chi connectivity index (χ2v) is 7.76. The van der Waals surface area contributed by atoms with Gasteiger partial charge in [-0.25, -0.2) is 4.39 Å². The van der Waals surface area contributed by atoms with E-state index in [4.69, 9.17) is 18.4 Å². The number of rotatable bonds is 11. The molecule has 0 unspecified atom stereocenters. The molecule has 0 bridgehead atoms. The maximum Gasteiger partial charge on any atom is 0.339 e. The Hall–Kier alpha value is -2.69. The quantitative estimate of drug-likeness (QED) is 0.494. The monoisotopic (exact) mass is 441 g/mol. The van der Waals surface area contributed by atoms with Crippen molar-refractivity contribution in [3.8, 4) is 11.5 Å². The Morgan fingerprint density at radius 2 is 1.70 bits per heavy atom. The molecule has 10 heteroatoms. The Morgan fingerprint density at radius 1 is 1.00 bits per heavy atom. The minimum Gasteiger partial charge on any atom is -0.493 e. The first-order chi connectivity index (χ1) is 14.3. The van der Waals surface area contributed by atoms with Gasteiger partial charge in [-0.2, -0.15) is 8.42 Å². The number of amides is 1. The minimum atomic E-state index is -4.21. The topological polar surface area (TPSA) is 91.4 Å². The molecule has 30 heavy (non-hydrogen) atoms. The summed E-state index contributed by atoms with van der Waals surface area (Å²) in [6.45, 7) is 0.743. The van der Waals surface area contributed by atoms with Gasteiger partial charge in [0.25, 0.3) is 0 Å². The van der Waals surface area contributed by atoms with Crippen LogP contribution in [0.4, 0.5) is 4.39 Å². The number of carbonyl (C=O) groups excluding carboxylic acids is 1. The Labute approximate surface area is 175 Å². The molecule has 2 aromatic carbocycles. The van der Waals surface area contributed by atoms with E-state index in [2.05, 4.69) is 0 Å². The van der Waals surface area contributed by atoms with E-state index in [1.54, 1.807) is 12.1 Å². The number of hydrogen-bond acceptors (Lipinski definition) is 7. The van der Waals surface area contributed by atoms with Gasteiger partial charge in [0.1, 0.15) is 17.3 Å². The van der Waals surface area contributed by atoms with Crippen LogP contribution in [0.1, 0.15) is 5.56 Å². The number of benzene rings is 2. The Balaban J connectivity index is 2.29. The van der Waals surface area contributed by atoms with Crippen LogP contribution in [0.25, 0.3) is 0 Å². The minimum absolute atomic E-state index is 0.0507. The van der Waals surface area contributed by atoms with Gasteiger partial charge in [0.15, 0.2) is 11.5 Å². The molecule has 1 amide bonds. The van der Waals surface area contributed by atoms with E-state index in [1.165, 1.54) is 32.3 Å². The summed E-state index contributed by atoms with van der Waals surface area (Å²) in [5.74, 6) is -0.668. The largest absolute Gasteiger partial charge is 0.493 e. The van der Waals surface area contributed by atoms with E-state index < -0.39 is 15.9 Å². The van der Waals surface area contributed by atoms with Crippen LogP contribution in [-0.4, -0.2) is 60.3 Å². The molecule has 0 radical (unpaired) electrons. The summed E-state index contributed by atoms with van der Waals surface area (Å²) in [7, 11) is 0.109. The van der Waals surface area contributed by atoms with Crippen LogP contribution in [0.5, 0.6) is 11.5 Å². The Kier molecular flexibility index (Phi) is 8.58. The van der Waals surface area contributed by atoms with Gasteiger partial charge in [-0.1, -0.05) is 6.07 Å². The van der Waals surface area contributed by atoms with Crippen LogP contribution in [0.2, 0.25) is 0 Å². The third-order valence-electron chi connectivity index (χ3n) is 4.09. The van der Waals surface area contributed by atoms with Gasteiger partial charge in [0.2, 0.25) is 5.91 Å². The van der Waals surface area contributed by atoms with Crippen LogP contribution < -0.4 is 8.92 Å². The molecule has 0 aliphatic heterocycles. The molecule has 0 aromatic heterocycles. The first-order valence-electron chi connectivity index (χ1n) is 8.93. The van der Waals surface area contributed by atoms with Gasteiger partial charge >= 0.3 is 10.1 Å². The number of halogens is 1. The molecule has 0 heterocycles. The summed E-state index contributed by atoms with van der Waals surface area (Å²) in [5.41, 5.74) is 0.612. The van der Waals surface area contributed by atoms with Gasteiger partial charge in [-0.15, -0.1) is 0 Å². The first kappa shape index (κ1) is 23.6. The molecule has 8 nitrogen and oxygen atoms in total. The maximum absolute atomic E-state index is 13.1. The molecule has 0 aliphatic rings. The zero-order chi connectivity index (χ0) is 22.1. The smallest absolute Gasteiger partial charge is 0.339 e. The Bertz CT molecular complexity index is 948. The van der Waals surface area contributed by atoms with Crippen LogP contribution in [0, 0.1) is 5.82 Å². The second-order valence-electron chi connectivity index (χ2n) is 6.22. The molecule has 0 fully saturated rings. The van der Waals surface area contributed by atoms with E-state index in [9.17, 15) is 17.6 Å². The lowest BCUT2D eigenvalue weighted by Crippen LogP contribution is -2.35. The molecule has 0 aliphatic carbocycles. The zero-order valence-corrected chi connectivity index (χ0v) is 17.8. The van der Waals surface area contributed by atoms with Gasteiger partial charge in [-0.3, -0.25) is 4.79 Å². The van der Waals surface area contributed by atoms with Crippen molar-refractivity contribution in [2.45, 2.75) is 11.4 Å². The first-order valence-corrected chi connectivity index (χ1v) is 10.3. The molecule has 2 aromatic rings. The lowest BCUT2D eigenvalue weighted by Gasteiger charge is -2.22. The van der Waals surface area contributed by atoms with Crippen molar-refractivity contribution >= 4 is 16.0 Å². The second kappa shape index (κ2) is 10.9. The molecule has 0 atom stereocenters. The van der Waals surface area contributed by atoms with Crippen molar-refractivity contribution in [1.29, 1.82) is 0 Å². The fraction of sp³-hybridized carbons (Fsp3) is 0.350. The van der Waals surface area contributed by atoms with Crippen molar-refractivity contribution in [2.75, 3.05) is 41.1 Å². The molecule has 164 valence electrons. The Morgan fingerprint density at radius 3 is 2.30 bits per heavy atom. The van der Waals surface area contributed by atoms with Crippen molar-refractivity contribution in [3.05, 3.63) is 53.8 Å². The predicted molar refractivity (Wildman–Crippen MR) is 106 cm³/mol. The lowest BCUT2D eigenvalue weighted by atomic mass is 10.2. The fourth-order valence-electron chi connectivity index (χ4n) is 2.58. The van der Waals surface area contributed by atoms with Crippen molar-refractivity contribution < 1.29 is 36.0 Å². The van der Waals surface area contributed by atoms with Crippen molar-refractivity contribution in [3.63, 3.8) is 0 Å².